The van der Waals surface area contributed by atoms with Crippen molar-refractivity contribution in [2.75, 3.05) is 13.1 Å². The number of carbonyl (C=O) groups excluding carboxylic acids is 1. The molecular formula is C21H18N6O. The third-order valence-corrected chi connectivity index (χ3v) is 5.47. The molecule has 1 fully saturated rings. The van der Waals surface area contributed by atoms with E-state index in [0.29, 0.717) is 18.5 Å². The molecule has 1 N–H and O–H groups in total. The number of carbonyl (C=O) groups is 1. The highest BCUT2D eigenvalue weighted by molar-refractivity contribution is 6.01. The van der Waals surface area contributed by atoms with Crippen molar-refractivity contribution in [1.82, 2.24) is 24.4 Å². The van der Waals surface area contributed by atoms with Gasteiger partial charge in [-0.2, -0.15) is 5.26 Å². The maximum atomic E-state index is 12.7. The van der Waals surface area contributed by atoms with Gasteiger partial charge >= 0.3 is 0 Å². The molecule has 28 heavy (non-hydrogen) atoms. The summed E-state index contributed by atoms with van der Waals surface area (Å²) in [5.74, 6) is 0.116. The van der Waals surface area contributed by atoms with Gasteiger partial charge in [-0.15, -0.1) is 0 Å². The first-order valence-electron chi connectivity index (χ1n) is 9.28. The summed E-state index contributed by atoms with van der Waals surface area (Å²) in [6.45, 7) is 1.41. The van der Waals surface area contributed by atoms with Crippen molar-refractivity contribution in [3.63, 3.8) is 0 Å². The Hall–Kier alpha value is -3.66. The molecule has 0 unspecified atom stereocenters. The Morgan fingerprint density at radius 2 is 2.11 bits per heavy atom. The van der Waals surface area contributed by atoms with E-state index in [9.17, 15) is 4.79 Å². The van der Waals surface area contributed by atoms with Crippen LogP contribution in [0.15, 0.2) is 49.1 Å². The average molecular weight is 370 g/mol. The molecule has 1 atom stereocenters. The van der Waals surface area contributed by atoms with Gasteiger partial charge in [-0.1, -0.05) is 12.1 Å². The third kappa shape index (κ3) is 2.70. The van der Waals surface area contributed by atoms with Crippen molar-refractivity contribution in [2.24, 2.45) is 0 Å². The number of fused-ring (bicyclic) bond motifs is 3. The normalized spacial score (nSPS) is 16.7. The summed E-state index contributed by atoms with van der Waals surface area (Å²) in [6.07, 6.45) is 6.79. The van der Waals surface area contributed by atoms with Crippen LogP contribution in [0.25, 0.3) is 22.1 Å². The quantitative estimate of drug-likeness (QED) is 0.600. The number of nitrogens with zero attached hydrogens (tertiary/aromatic N) is 5. The molecule has 7 heteroatoms. The number of hydrogen-bond acceptors (Lipinski definition) is 4. The van der Waals surface area contributed by atoms with Crippen LogP contribution < -0.4 is 0 Å². The summed E-state index contributed by atoms with van der Waals surface area (Å²) in [5, 5.41) is 9.94. The van der Waals surface area contributed by atoms with Crippen LogP contribution >= 0.6 is 0 Å². The zero-order chi connectivity index (χ0) is 19.1. The number of amides is 1. The zero-order valence-corrected chi connectivity index (χ0v) is 15.2. The number of nitrogens with one attached hydrogen (secondary N) is 1. The zero-order valence-electron chi connectivity index (χ0n) is 15.2. The van der Waals surface area contributed by atoms with Crippen LogP contribution in [-0.2, 0) is 11.2 Å². The lowest BCUT2D eigenvalue weighted by molar-refractivity contribution is -0.129. The largest absolute Gasteiger partial charge is 0.346 e. The average Bonchev–Trinajstić information content (AvgIpc) is 3.45. The van der Waals surface area contributed by atoms with Crippen molar-refractivity contribution in [1.29, 1.82) is 5.26 Å². The highest BCUT2D eigenvalue weighted by atomic mass is 16.2. The topological polar surface area (TPSA) is 90.6 Å². The number of rotatable bonds is 3. The summed E-state index contributed by atoms with van der Waals surface area (Å²) in [6, 6.07) is 11.5. The molecule has 0 aliphatic carbocycles. The predicted molar refractivity (Wildman–Crippen MR) is 104 cm³/mol. The molecule has 1 aliphatic rings. The summed E-state index contributed by atoms with van der Waals surface area (Å²) in [7, 11) is 0. The SMILES string of the molecule is N#Cc1ccc(CC(=O)N2CC[C@@H](n3cnc4cnc5[nH]ccc5c43)C2)cc1. The molecule has 5 rings (SSSR count). The number of hydrogen-bond donors (Lipinski definition) is 1. The first-order valence-corrected chi connectivity index (χ1v) is 9.28. The molecule has 0 bridgehead atoms. The highest BCUT2D eigenvalue weighted by Gasteiger charge is 2.28. The minimum Gasteiger partial charge on any atom is -0.346 e. The van der Waals surface area contributed by atoms with Gasteiger partial charge in [0.25, 0.3) is 0 Å². The second kappa shape index (κ2) is 6.50. The van der Waals surface area contributed by atoms with E-state index in [2.05, 4.69) is 25.6 Å². The molecule has 1 amide bonds. The Bertz CT molecular complexity index is 1210. The van der Waals surface area contributed by atoms with Crippen LogP contribution in [0.3, 0.4) is 0 Å². The van der Waals surface area contributed by atoms with E-state index in [1.54, 1.807) is 18.3 Å². The van der Waals surface area contributed by atoms with Crippen molar-refractivity contribution < 1.29 is 4.79 Å². The molecule has 0 radical (unpaired) electrons. The van der Waals surface area contributed by atoms with E-state index < -0.39 is 0 Å². The number of H-pyrrole nitrogens is 1. The van der Waals surface area contributed by atoms with Crippen LogP contribution in [-0.4, -0.2) is 43.4 Å². The van der Waals surface area contributed by atoms with Gasteiger partial charge in [0.15, 0.2) is 0 Å². The molecule has 1 aromatic carbocycles. The fourth-order valence-electron chi connectivity index (χ4n) is 3.99. The number of pyridine rings is 1. The fraction of sp³-hybridized carbons (Fsp3) is 0.238. The number of nitriles is 1. The molecule has 4 aromatic rings. The maximum absolute atomic E-state index is 12.7. The smallest absolute Gasteiger partial charge is 0.227 e. The molecule has 138 valence electrons. The van der Waals surface area contributed by atoms with Crippen LogP contribution in [0.1, 0.15) is 23.6 Å². The summed E-state index contributed by atoms with van der Waals surface area (Å²) >= 11 is 0. The van der Waals surface area contributed by atoms with Gasteiger partial charge in [-0.05, 0) is 30.2 Å². The van der Waals surface area contributed by atoms with Gasteiger partial charge < -0.3 is 14.5 Å². The molecule has 4 heterocycles. The molecule has 3 aromatic heterocycles. The molecule has 1 saturated heterocycles. The van der Waals surface area contributed by atoms with Gasteiger partial charge in [-0.25, -0.2) is 9.97 Å². The van der Waals surface area contributed by atoms with Crippen molar-refractivity contribution in [3.8, 4) is 6.07 Å². The van der Waals surface area contributed by atoms with E-state index in [4.69, 9.17) is 5.26 Å². The minimum absolute atomic E-state index is 0.116. The van der Waals surface area contributed by atoms with Crippen molar-refractivity contribution >= 4 is 28.0 Å². The van der Waals surface area contributed by atoms with E-state index in [1.165, 1.54) is 0 Å². The number of benzene rings is 1. The van der Waals surface area contributed by atoms with E-state index >= 15 is 0 Å². The minimum atomic E-state index is 0.116. The lowest BCUT2D eigenvalue weighted by atomic mass is 10.1. The molecule has 7 nitrogen and oxygen atoms in total. The van der Waals surface area contributed by atoms with E-state index in [0.717, 1.165) is 40.6 Å². The number of likely N-dealkylation sites (tertiary alicyclic amines) is 1. The van der Waals surface area contributed by atoms with Crippen LogP contribution in [0.5, 0.6) is 0 Å². The standard InChI is InChI=1S/C21H18N6O/c22-10-15-3-1-14(2-4-15)9-19(28)26-8-6-16(12-26)27-13-25-18-11-24-21-17(20(18)27)5-7-23-21/h1-5,7,11,13,16H,6,8-9,12H2,(H,23,24)/t16-/m1/s1. The Labute approximate surface area is 161 Å². The fourth-order valence-corrected chi connectivity index (χ4v) is 3.99. The van der Waals surface area contributed by atoms with Crippen molar-refractivity contribution in [2.45, 2.75) is 18.9 Å². The second-order valence-corrected chi connectivity index (χ2v) is 7.15. The Morgan fingerprint density at radius 1 is 1.25 bits per heavy atom. The van der Waals surface area contributed by atoms with Crippen LogP contribution in [0.2, 0.25) is 0 Å². The third-order valence-electron chi connectivity index (χ3n) is 5.47. The summed E-state index contributed by atoms with van der Waals surface area (Å²) in [5.41, 5.74) is 4.32. The summed E-state index contributed by atoms with van der Waals surface area (Å²) < 4.78 is 2.18. The van der Waals surface area contributed by atoms with E-state index in [-0.39, 0.29) is 11.9 Å². The van der Waals surface area contributed by atoms with Gasteiger partial charge in [0.1, 0.15) is 11.2 Å². The van der Waals surface area contributed by atoms with Crippen LogP contribution in [0.4, 0.5) is 0 Å². The lowest BCUT2D eigenvalue weighted by Crippen LogP contribution is -2.30. The molecular weight excluding hydrogens is 352 g/mol. The van der Waals surface area contributed by atoms with Gasteiger partial charge in [0, 0.05) is 24.7 Å². The predicted octanol–water partition coefficient (Wildman–Crippen LogP) is 2.80. The number of aromatic nitrogens is 4. The van der Waals surface area contributed by atoms with Crippen LogP contribution in [0, 0.1) is 11.3 Å². The second-order valence-electron chi connectivity index (χ2n) is 7.15. The Morgan fingerprint density at radius 3 is 2.93 bits per heavy atom. The van der Waals surface area contributed by atoms with Gasteiger partial charge in [-0.3, -0.25) is 4.79 Å². The van der Waals surface area contributed by atoms with Crippen molar-refractivity contribution in [3.05, 3.63) is 60.2 Å². The Kier molecular flexibility index (Phi) is 3.83. The monoisotopic (exact) mass is 370 g/mol. The molecule has 0 saturated carbocycles. The first kappa shape index (κ1) is 16.5. The van der Waals surface area contributed by atoms with Gasteiger partial charge in [0.2, 0.25) is 5.91 Å². The number of imidazole rings is 1. The first-order chi connectivity index (χ1) is 13.7. The lowest BCUT2D eigenvalue weighted by Gasteiger charge is -2.18. The maximum Gasteiger partial charge on any atom is 0.227 e. The Balaban J connectivity index is 1.35. The summed E-state index contributed by atoms with van der Waals surface area (Å²) in [4.78, 5) is 26.7. The van der Waals surface area contributed by atoms with E-state index in [1.807, 2.05) is 35.6 Å². The molecule has 0 spiro atoms. The highest BCUT2D eigenvalue weighted by Crippen LogP contribution is 2.29. The number of aromatic amines is 1. The molecule has 1 aliphatic heterocycles. The van der Waals surface area contributed by atoms with Gasteiger partial charge in [0.05, 0.1) is 42.1 Å².